The number of piperidine rings is 1. The maximum absolute atomic E-state index is 13.7. The van der Waals surface area contributed by atoms with Crippen LogP contribution in [0.15, 0.2) is 33.6 Å². The molecule has 0 atom stereocenters. The maximum atomic E-state index is 13.7. The molecule has 0 bridgehead atoms. The van der Waals surface area contributed by atoms with Crippen LogP contribution in [0.5, 0.6) is 0 Å². The standard InChI is InChI=1S/C31H35BrN2O4S2/c1-17-9-10-23(25(32)15-17)28(35)27-24-7-6-8-26(24)39-31(27)33-30(36)22-11-13-34(14-12-22)40(37,38)29-20(4)18(2)16-19(3)21(29)5/h9-10,15-16,22H,6-8,11-14H2,1-5H3,(H,33,36). The molecule has 0 spiro atoms. The zero-order chi connectivity index (χ0) is 28.9. The molecule has 40 heavy (non-hydrogen) atoms. The molecular formula is C31H35BrN2O4S2. The number of nitrogens with zero attached hydrogens (tertiary/aromatic N) is 1. The Morgan fingerprint density at radius 1 is 0.975 bits per heavy atom. The van der Waals surface area contributed by atoms with Crippen molar-refractivity contribution in [1.29, 1.82) is 0 Å². The fraction of sp³-hybridized carbons (Fsp3) is 0.419. The van der Waals surface area contributed by atoms with Gasteiger partial charge in [-0.15, -0.1) is 11.3 Å². The number of carbonyl (C=O) groups excluding carboxylic acids is 2. The first-order chi connectivity index (χ1) is 18.9. The summed E-state index contributed by atoms with van der Waals surface area (Å²) in [6.45, 7) is 10.2. The van der Waals surface area contributed by atoms with E-state index in [1.165, 1.54) is 20.5 Å². The van der Waals surface area contributed by atoms with Crippen molar-refractivity contribution >= 4 is 54.0 Å². The third kappa shape index (κ3) is 5.22. The van der Waals surface area contributed by atoms with Crippen LogP contribution in [0.2, 0.25) is 0 Å². The van der Waals surface area contributed by atoms with Gasteiger partial charge < -0.3 is 5.32 Å². The van der Waals surface area contributed by atoms with Crippen molar-refractivity contribution in [3.63, 3.8) is 0 Å². The highest BCUT2D eigenvalue weighted by atomic mass is 79.9. The Hall–Kier alpha value is -2.33. The lowest BCUT2D eigenvalue weighted by Gasteiger charge is -2.31. The molecule has 1 fully saturated rings. The average Bonchev–Trinajstić information content (AvgIpc) is 3.48. The molecule has 1 N–H and O–H groups in total. The second kappa shape index (κ2) is 11.2. The number of nitrogens with one attached hydrogen (secondary N) is 1. The monoisotopic (exact) mass is 642 g/mol. The van der Waals surface area contributed by atoms with Crippen molar-refractivity contribution in [3.05, 3.63) is 78.1 Å². The highest BCUT2D eigenvalue weighted by Crippen LogP contribution is 2.41. The van der Waals surface area contributed by atoms with Gasteiger partial charge in [-0.05, 0) is 112 Å². The molecule has 1 amide bonds. The van der Waals surface area contributed by atoms with E-state index in [4.69, 9.17) is 0 Å². The molecule has 2 heterocycles. The van der Waals surface area contributed by atoms with E-state index in [2.05, 4.69) is 21.2 Å². The summed E-state index contributed by atoms with van der Waals surface area (Å²) in [6, 6.07) is 7.71. The van der Waals surface area contributed by atoms with Crippen LogP contribution in [0, 0.1) is 40.5 Å². The fourth-order valence-corrected chi connectivity index (χ4v) is 9.95. The van der Waals surface area contributed by atoms with Crippen LogP contribution >= 0.6 is 27.3 Å². The number of rotatable bonds is 6. The van der Waals surface area contributed by atoms with E-state index in [1.54, 1.807) is 0 Å². The number of fused-ring (bicyclic) bond motifs is 1. The zero-order valence-electron chi connectivity index (χ0n) is 23.6. The molecule has 1 saturated heterocycles. The summed E-state index contributed by atoms with van der Waals surface area (Å²) < 4.78 is 29.6. The summed E-state index contributed by atoms with van der Waals surface area (Å²) in [6.07, 6.45) is 3.63. The Bertz CT molecular complexity index is 1610. The zero-order valence-corrected chi connectivity index (χ0v) is 26.8. The van der Waals surface area contributed by atoms with E-state index < -0.39 is 10.0 Å². The number of aryl methyl sites for hydroxylation is 4. The third-order valence-corrected chi connectivity index (χ3v) is 12.5. The molecule has 1 aromatic heterocycles. The number of hydrogen-bond acceptors (Lipinski definition) is 5. The predicted octanol–water partition coefficient (Wildman–Crippen LogP) is 6.81. The number of hydrogen-bond donors (Lipinski definition) is 1. The maximum Gasteiger partial charge on any atom is 0.243 e. The minimum atomic E-state index is -3.68. The number of anilines is 1. The highest BCUT2D eigenvalue weighted by Gasteiger charge is 2.35. The number of sulfonamides is 1. The third-order valence-electron chi connectivity index (χ3n) is 8.47. The predicted molar refractivity (Wildman–Crippen MR) is 164 cm³/mol. The molecule has 2 aliphatic rings. The van der Waals surface area contributed by atoms with Gasteiger partial charge in [-0.1, -0.05) is 28.1 Å². The number of halogens is 1. The second-order valence-corrected chi connectivity index (χ2v) is 15.0. The van der Waals surface area contributed by atoms with Gasteiger partial charge in [-0.2, -0.15) is 4.31 Å². The molecule has 6 nitrogen and oxygen atoms in total. The molecule has 2 aromatic carbocycles. The number of thiophene rings is 1. The minimum Gasteiger partial charge on any atom is -0.317 e. The van der Waals surface area contributed by atoms with E-state index in [1.807, 2.05) is 58.9 Å². The molecule has 5 rings (SSSR count). The van der Waals surface area contributed by atoms with Crippen LogP contribution in [0.4, 0.5) is 5.00 Å². The first kappa shape index (κ1) is 29.2. The van der Waals surface area contributed by atoms with E-state index in [0.717, 1.165) is 57.1 Å². The summed E-state index contributed by atoms with van der Waals surface area (Å²) in [5.74, 6) is -0.548. The number of carbonyl (C=O) groups is 2. The van der Waals surface area contributed by atoms with Gasteiger partial charge in [-0.25, -0.2) is 8.42 Å². The summed E-state index contributed by atoms with van der Waals surface area (Å²) in [5.41, 5.74) is 6.79. The number of amides is 1. The van der Waals surface area contributed by atoms with E-state index in [0.29, 0.717) is 33.9 Å². The van der Waals surface area contributed by atoms with Crippen molar-refractivity contribution in [2.75, 3.05) is 18.4 Å². The molecule has 212 valence electrons. The Morgan fingerprint density at radius 2 is 1.62 bits per heavy atom. The molecular weight excluding hydrogens is 608 g/mol. The lowest BCUT2D eigenvalue weighted by atomic mass is 9.96. The van der Waals surface area contributed by atoms with Crippen molar-refractivity contribution in [1.82, 2.24) is 4.31 Å². The first-order valence-corrected chi connectivity index (χ1v) is 16.8. The van der Waals surface area contributed by atoms with E-state index >= 15 is 0 Å². The quantitative estimate of drug-likeness (QED) is 0.299. The lowest BCUT2D eigenvalue weighted by molar-refractivity contribution is -0.120. The van der Waals surface area contributed by atoms with Crippen LogP contribution in [-0.4, -0.2) is 37.5 Å². The van der Waals surface area contributed by atoms with E-state index in [-0.39, 0.29) is 30.7 Å². The number of benzene rings is 2. The molecule has 3 aromatic rings. The summed E-state index contributed by atoms with van der Waals surface area (Å²) in [5, 5.41) is 3.70. The van der Waals surface area contributed by atoms with Crippen LogP contribution in [-0.2, 0) is 27.7 Å². The van der Waals surface area contributed by atoms with Gasteiger partial charge in [0.1, 0.15) is 5.00 Å². The number of ketones is 1. The van der Waals surface area contributed by atoms with Crippen molar-refractivity contribution in [2.24, 2.45) is 5.92 Å². The summed E-state index contributed by atoms with van der Waals surface area (Å²) in [7, 11) is -3.68. The van der Waals surface area contributed by atoms with Crippen LogP contribution in [0.25, 0.3) is 0 Å². The van der Waals surface area contributed by atoms with Gasteiger partial charge in [-0.3, -0.25) is 9.59 Å². The van der Waals surface area contributed by atoms with Gasteiger partial charge in [0, 0.05) is 33.9 Å². The second-order valence-electron chi connectivity index (χ2n) is 11.1. The lowest BCUT2D eigenvalue weighted by Crippen LogP contribution is -2.42. The van der Waals surface area contributed by atoms with Gasteiger partial charge in [0.15, 0.2) is 5.78 Å². The summed E-state index contributed by atoms with van der Waals surface area (Å²) >= 11 is 5.05. The minimum absolute atomic E-state index is 0.0818. The Labute approximate surface area is 249 Å². The molecule has 1 aliphatic heterocycles. The van der Waals surface area contributed by atoms with Crippen molar-refractivity contribution < 1.29 is 18.0 Å². The van der Waals surface area contributed by atoms with E-state index in [9.17, 15) is 18.0 Å². The molecule has 1 aliphatic carbocycles. The normalized spacial score (nSPS) is 16.2. The summed E-state index contributed by atoms with van der Waals surface area (Å²) in [4.78, 5) is 28.7. The average molecular weight is 644 g/mol. The Morgan fingerprint density at radius 3 is 2.25 bits per heavy atom. The van der Waals surface area contributed by atoms with Crippen molar-refractivity contribution in [3.8, 4) is 0 Å². The van der Waals surface area contributed by atoms with Crippen LogP contribution in [0.1, 0.15) is 73.4 Å². The molecule has 0 unspecified atom stereocenters. The highest BCUT2D eigenvalue weighted by molar-refractivity contribution is 9.10. The van der Waals surface area contributed by atoms with Crippen LogP contribution < -0.4 is 5.32 Å². The molecule has 9 heteroatoms. The van der Waals surface area contributed by atoms with Gasteiger partial charge >= 0.3 is 0 Å². The molecule has 0 saturated carbocycles. The van der Waals surface area contributed by atoms with Gasteiger partial charge in [0.2, 0.25) is 15.9 Å². The smallest absolute Gasteiger partial charge is 0.243 e. The first-order valence-electron chi connectivity index (χ1n) is 13.7. The Kier molecular flexibility index (Phi) is 8.14. The molecule has 0 radical (unpaired) electrons. The fourth-order valence-electron chi connectivity index (χ4n) is 5.94. The van der Waals surface area contributed by atoms with Gasteiger partial charge in [0.05, 0.1) is 10.5 Å². The van der Waals surface area contributed by atoms with Crippen molar-refractivity contribution in [2.45, 2.75) is 71.6 Å². The van der Waals surface area contributed by atoms with Crippen LogP contribution in [0.3, 0.4) is 0 Å². The SMILES string of the molecule is Cc1ccc(C(=O)c2c(NC(=O)C3CCN(S(=O)(=O)c4c(C)c(C)cc(C)c4C)CC3)sc3c2CCC3)c(Br)c1. The Balaban J connectivity index is 1.34. The topological polar surface area (TPSA) is 83.6 Å². The largest absolute Gasteiger partial charge is 0.317 e. The van der Waals surface area contributed by atoms with Gasteiger partial charge in [0.25, 0.3) is 0 Å².